The van der Waals surface area contributed by atoms with Crippen molar-refractivity contribution in [3.05, 3.63) is 97.5 Å². The summed E-state index contributed by atoms with van der Waals surface area (Å²) < 4.78 is 6.85. The maximum Gasteiger partial charge on any atom is 0.266 e. The molecule has 162 valence electrons. The number of carbonyl (C=O) groups excluding carboxylic acids is 1. The molecule has 0 saturated carbocycles. The number of ether oxygens (including phenoxy) is 1. The molecule has 3 rings (SSSR count). The van der Waals surface area contributed by atoms with E-state index in [1.54, 1.807) is 25.1 Å². The molecule has 0 fully saturated rings. The first kappa shape index (κ1) is 23.6. The Hall–Kier alpha value is -3.07. The van der Waals surface area contributed by atoms with Crippen molar-refractivity contribution < 1.29 is 9.53 Å². The van der Waals surface area contributed by atoms with Gasteiger partial charge >= 0.3 is 0 Å². The molecule has 0 aliphatic heterocycles. The fourth-order valence-electron chi connectivity index (χ4n) is 3.31. The fraction of sp³-hybridized carbons (Fsp3) is 0.154. The van der Waals surface area contributed by atoms with Crippen LogP contribution in [-0.4, -0.2) is 5.91 Å². The lowest BCUT2D eigenvalue weighted by molar-refractivity contribution is -0.112. The minimum Gasteiger partial charge on any atom is -0.488 e. The molecule has 0 aliphatic carbocycles. The van der Waals surface area contributed by atoms with Crippen LogP contribution < -0.4 is 10.1 Å². The number of nitrogens with one attached hydrogen (secondary N) is 1. The molecule has 0 unspecified atom stereocenters. The first-order valence-electron chi connectivity index (χ1n) is 9.94. The number of aryl methyl sites for hydroxylation is 2. The molecule has 3 aromatic carbocycles. The molecule has 0 spiro atoms. The molecule has 0 aromatic heterocycles. The second-order valence-corrected chi connectivity index (χ2v) is 8.83. The summed E-state index contributed by atoms with van der Waals surface area (Å²) in [6.07, 6.45) is 1.52. The van der Waals surface area contributed by atoms with Crippen LogP contribution in [0, 0.1) is 32.1 Å². The average Bonchev–Trinajstić information content (AvgIpc) is 2.74. The minimum absolute atomic E-state index is 0.0428. The molecule has 0 aliphatic rings. The Morgan fingerprint density at radius 3 is 2.53 bits per heavy atom. The van der Waals surface area contributed by atoms with E-state index in [1.165, 1.54) is 17.2 Å². The Balaban J connectivity index is 1.86. The SMILES string of the molecule is Cc1cc(C)cc(COc2ccc(Br)cc2/C=C(\C#N)C(=O)Nc2cccc(Cl)c2C)c1. The third-order valence-corrected chi connectivity index (χ3v) is 5.73. The van der Waals surface area contributed by atoms with Gasteiger partial charge in [0.25, 0.3) is 5.91 Å². The van der Waals surface area contributed by atoms with Gasteiger partial charge < -0.3 is 10.1 Å². The molecule has 0 saturated heterocycles. The van der Waals surface area contributed by atoms with Crippen molar-refractivity contribution in [2.75, 3.05) is 5.32 Å². The topological polar surface area (TPSA) is 62.1 Å². The van der Waals surface area contributed by atoms with Gasteiger partial charge in [-0.15, -0.1) is 0 Å². The molecule has 3 aromatic rings. The molecule has 0 bridgehead atoms. The summed E-state index contributed by atoms with van der Waals surface area (Å²) in [6, 6.07) is 18.9. The highest BCUT2D eigenvalue weighted by atomic mass is 79.9. The van der Waals surface area contributed by atoms with Gasteiger partial charge in [-0.2, -0.15) is 5.26 Å². The summed E-state index contributed by atoms with van der Waals surface area (Å²) in [4.78, 5) is 12.8. The van der Waals surface area contributed by atoms with E-state index in [-0.39, 0.29) is 5.57 Å². The van der Waals surface area contributed by atoms with Crippen LogP contribution in [0.3, 0.4) is 0 Å². The van der Waals surface area contributed by atoms with Crippen LogP contribution >= 0.6 is 27.5 Å². The van der Waals surface area contributed by atoms with Crippen molar-refractivity contribution in [2.24, 2.45) is 0 Å². The Kier molecular flexibility index (Phi) is 7.74. The number of nitrogens with zero attached hydrogens (tertiary/aromatic N) is 1. The number of carbonyl (C=O) groups is 1. The number of amides is 1. The minimum atomic E-state index is -0.516. The normalized spacial score (nSPS) is 11.1. The fourth-order valence-corrected chi connectivity index (χ4v) is 3.87. The van der Waals surface area contributed by atoms with Gasteiger partial charge in [0.05, 0.1) is 0 Å². The third kappa shape index (κ3) is 6.00. The molecular weight excluding hydrogens is 488 g/mol. The average molecular weight is 510 g/mol. The van der Waals surface area contributed by atoms with Crippen LogP contribution in [0.4, 0.5) is 5.69 Å². The van der Waals surface area contributed by atoms with Gasteiger partial charge in [-0.25, -0.2) is 0 Å². The number of halogens is 2. The van der Waals surface area contributed by atoms with Gasteiger partial charge in [-0.3, -0.25) is 4.79 Å². The summed E-state index contributed by atoms with van der Waals surface area (Å²) >= 11 is 9.58. The van der Waals surface area contributed by atoms with E-state index in [1.807, 2.05) is 38.1 Å². The van der Waals surface area contributed by atoms with Gasteiger partial charge in [0.2, 0.25) is 0 Å². The summed E-state index contributed by atoms with van der Waals surface area (Å²) in [5.41, 5.74) is 5.26. The third-order valence-electron chi connectivity index (χ3n) is 4.83. The van der Waals surface area contributed by atoms with Gasteiger partial charge in [-0.05, 0) is 68.3 Å². The number of hydrogen-bond acceptors (Lipinski definition) is 3. The Morgan fingerprint density at radius 1 is 1.12 bits per heavy atom. The molecule has 0 heterocycles. The molecule has 6 heteroatoms. The van der Waals surface area contributed by atoms with Crippen molar-refractivity contribution in [2.45, 2.75) is 27.4 Å². The van der Waals surface area contributed by atoms with E-state index >= 15 is 0 Å². The Labute approximate surface area is 201 Å². The first-order valence-corrected chi connectivity index (χ1v) is 11.1. The summed E-state index contributed by atoms with van der Waals surface area (Å²) in [5, 5.41) is 12.9. The molecule has 4 nitrogen and oxygen atoms in total. The van der Waals surface area contributed by atoms with E-state index in [0.29, 0.717) is 28.6 Å². The second kappa shape index (κ2) is 10.5. The largest absolute Gasteiger partial charge is 0.488 e. The van der Waals surface area contributed by atoms with Gasteiger partial charge in [0.1, 0.15) is 24.0 Å². The van der Waals surface area contributed by atoms with Crippen molar-refractivity contribution in [1.82, 2.24) is 0 Å². The zero-order chi connectivity index (χ0) is 23.3. The number of rotatable bonds is 6. The van der Waals surface area contributed by atoms with Crippen LogP contribution in [-0.2, 0) is 11.4 Å². The van der Waals surface area contributed by atoms with Gasteiger partial charge in [0.15, 0.2) is 0 Å². The lowest BCUT2D eigenvalue weighted by Gasteiger charge is -2.12. The summed E-state index contributed by atoms with van der Waals surface area (Å²) in [7, 11) is 0. The van der Waals surface area contributed by atoms with E-state index in [2.05, 4.69) is 39.4 Å². The zero-order valence-corrected chi connectivity index (χ0v) is 20.3. The van der Waals surface area contributed by atoms with E-state index < -0.39 is 5.91 Å². The molecule has 1 amide bonds. The maximum atomic E-state index is 12.8. The van der Waals surface area contributed by atoms with Crippen LogP contribution in [0.15, 0.2) is 64.6 Å². The highest BCUT2D eigenvalue weighted by Gasteiger charge is 2.14. The van der Waals surface area contributed by atoms with Crippen LogP contribution in [0.2, 0.25) is 5.02 Å². The predicted molar refractivity (Wildman–Crippen MR) is 133 cm³/mol. The zero-order valence-electron chi connectivity index (χ0n) is 18.0. The lowest BCUT2D eigenvalue weighted by Crippen LogP contribution is -2.14. The number of nitriles is 1. The van der Waals surface area contributed by atoms with E-state index in [4.69, 9.17) is 16.3 Å². The summed E-state index contributed by atoms with van der Waals surface area (Å²) in [6.45, 7) is 6.27. The Morgan fingerprint density at radius 2 is 1.84 bits per heavy atom. The summed E-state index contributed by atoms with van der Waals surface area (Å²) in [5.74, 6) is 0.0601. The molecule has 32 heavy (non-hydrogen) atoms. The van der Waals surface area contributed by atoms with Crippen molar-refractivity contribution in [3.8, 4) is 11.8 Å². The molecule has 1 N–H and O–H groups in total. The van der Waals surface area contributed by atoms with Gasteiger partial charge in [-0.1, -0.05) is 62.9 Å². The second-order valence-electron chi connectivity index (χ2n) is 7.50. The standard InChI is InChI=1S/C26H22BrClN2O2/c1-16-9-17(2)11-19(10-16)15-32-25-8-7-22(27)13-20(25)12-21(14-29)26(31)30-24-6-4-5-23(28)18(24)3/h4-13H,15H2,1-3H3,(H,30,31)/b21-12+. The predicted octanol–water partition coefficient (Wildman–Crippen LogP) is 7.15. The number of benzene rings is 3. The Bertz CT molecular complexity index is 1220. The number of hydrogen-bond donors (Lipinski definition) is 1. The van der Waals surface area contributed by atoms with E-state index in [0.717, 1.165) is 15.6 Å². The van der Waals surface area contributed by atoms with Crippen LogP contribution in [0.25, 0.3) is 6.08 Å². The van der Waals surface area contributed by atoms with E-state index in [9.17, 15) is 10.1 Å². The van der Waals surface area contributed by atoms with Crippen molar-refractivity contribution >= 4 is 45.2 Å². The quantitative estimate of drug-likeness (QED) is 0.283. The monoisotopic (exact) mass is 508 g/mol. The molecular formula is C26H22BrClN2O2. The van der Waals surface area contributed by atoms with Crippen molar-refractivity contribution in [3.63, 3.8) is 0 Å². The maximum absolute atomic E-state index is 12.8. The van der Waals surface area contributed by atoms with Crippen LogP contribution in [0.1, 0.15) is 27.8 Å². The lowest BCUT2D eigenvalue weighted by atomic mass is 10.1. The van der Waals surface area contributed by atoms with Crippen LogP contribution in [0.5, 0.6) is 5.75 Å². The first-order chi connectivity index (χ1) is 15.3. The highest BCUT2D eigenvalue weighted by molar-refractivity contribution is 9.10. The van der Waals surface area contributed by atoms with Crippen molar-refractivity contribution in [1.29, 1.82) is 5.26 Å². The molecule has 0 radical (unpaired) electrons. The highest BCUT2D eigenvalue weighted by Crippen LogP contribution is 2.28. The molecule has 0 atom stereocenters. The van der Waals surface area contributed by atoms with Gasteiger partial charge in [0, 0.05) is 20.7 Å². The smallest absolute Gasteiger partial charge is 0.266 e. The number of anilines is 1.